The minimum Gasteiger partial charge on any atom is -0.248 e. The Morgan fingerprint density at radius 2 is 2.24 bits per heavy atom. The molecule has 17 heavy (non-hydrogen) atoms. The topological polar surface area (TPSA) is 59.1 Å². The van der Waals surface area contributed by atoms with Gasteiger partial charge in [0.2, 0.25) is 10.0 Å². The Bertz CT molecular complexity index is 445. The van der Waals surface area contributed by atoms with Crippen molar-refractivity contribution < 1.29 is 8.42 Å². The molecule has 0 aliphatic rings. The number of thiazole rings is 1. The first-order valence-corrected chi connectivity index (χ1v) is 8.43. The molecule has 0 radical (unpaired) electrons. The van der Waals surface area contributed by atoms with E-state index < -0.39 is 10.0 Å². The molecule has 1 N–H and O–H groups in total. The van der Waals surface area contributed by atoms with E-state index >= 15 is 0 Å². The summed E-state index contributed by atoms with van der Waals surface area (Å²) in [5.74, 6) is 0.616. The summed E-state index contributed by atoms with van der Waals surface area (Å²) in [7, 11) is -3.23. The summed E-state index contributed by atoms with van der Waals surface area (Å²) in [6.07, 6.45) is 3.05. The van der Waals surface area contributed by atoms with E-state index in [1.54, 1.807) is 13.1 Å². The van der Waals surface area contributed by atoms with Gasteiger partial charge in [-0.25, -0.2) is 18.1 Å². The Hall–Kier alpha value is -0.170. The van der Waals surface area contributed by atoms with Gasteiger partial charge in [-0.1, -0.05) is 0 Å². The van der Waals surface area contributed by atoms with Crippen LogP contribution in [0.3, 0.4) is 0 Å². The Morgan fingerprint density at radius 3 is 2.76 bits per heavy atom. The van der Waals surface area contributed by atoms with E-state index in [-0.39, 0.29) is 11.8 Å². The number of alkyl halides is 1. The van der Waals surface area contributed by atoms with E-state index in [4.69, 9.17) is 11.6 Å². The van der Waals surface area contributed by atoms with Crippen molar-refractivity contribution in [1.29, 1.82) is 0 Å². The highest BCUT2D eigenvalue weighted by Crippen LogP contribution is 2.19. The Kier molecular flexibility index (Phi) is 5.85. The Labute approximate surface area is 111 Å². The first-order valence-electron chi connectivity index (χ1n) is 5.43. The molecule has 1 aromatic rings. The van der Waals surface area contributed by atoms with Crippen LogP contribution in [-0.4, -0.2) is 25.0 Å². The smallest absolute Gasteiger partial charge is 0.212 e. The fourth-order valence-corrected chi connectivity index (χ4v) is 3.73. The lowest BCUT2D eigenvalue weighted by atomic mass is 10.4. The van der Waals surface area contributed by atoms with E-state index in [1.807, 2.05) is 6.92 Å². The second kappa shape index (κ2) is 6.68. The van der Waals surface area contributed by atoms with Gasteiger partial charge < -0.3 is 0 Å². The Balaban J connectivity index is 2.52. The van der Waals surface area contributed by atoms with Crippen molar-refractivity contribution in [2.24, 2.45) is 0 Å². The van der Waals surface area contributed by atoms with E-state index in [2.05, 4.69) is 9.71 Å². The number of aryl methyl sites for hydroxylation is 1. The van der Waals surface area contributed by atoms with Crippen molar-refractivity contribution in [2.75, 3.05) is 11.6 Å². The summed E-state index contributed by atoms with van der Waals surface area (Å²) < 4.78 is 26.1. The van der Waals surface area contributed by atoms with Crippen LogP contribution >= 0.6 is 22.9 Å². The molecule has 1 rings (SSSR count). The van der Waals surface area contributed by atoms with Crippen molar-refractivity contribution in [3.8, 4) is 0 Å². The summed E-state index contributed by atoms with van der Waals surface area (Å²) in [4.78, 5) is 5.24. The normalized spacial score (nSPS) is 13.8. The van der Waals surface area contributed by atoms with Crippen LogP contribution in [0.1, 0.15) is 35.7 Å². The molecule has 0 aliphatic carbocycles. The zero-order chi connectivity index (χ0) is 12.9. The molecule has 7 heteroatoms. The molecule has 0 spiro atoms. The largest absolute Gasteiger partial charge is 0.248 e. The van der Waals surface area contributed by atoms with Crippen LogP contribution in [0.5, 0.6) is 0 Å². The van der Waals surface area contributed by atoms with Crippen LogP contribution in [0.4, 0.5) is 0 Å². The van der Waals surface area contributed by atoms with E-state index in [9.17, 15) is 8.42 Å². The number of aromatic nitrogens is 1. The van der Waals surface area contributed by atoms with Crippen LogP contribution in [0, 0.1) is 6.92 Å². The number of hydrogen-bond acceptors (Lipinski definition) is 4. The van der Waals surface area contributed by atoms with Gasteiger partial charge in [-0.3, -0.25) is 0 Å². The first-order chi connectivity index (χ1) is 7.94. The summed E-state index contributed by atoms with van der Waals surface area (Å²) in [6, 6.07) is -0.269. The summed E-state index contributed by atoms with van der Waals surface area (Å²) in [6.45, 7) is 3.75. The van der Waals surface area contributed by atoms with Crippen molar-refractivity contribution in [1.82, 2.24) is 9.71 Å². The zero-order valence-electron chi connectivity index (χ0n) is 9.94. The second-order valence-electron chi connectivity index (χ2n) is 3.86. The maximum absolute atomic E-state index is 11.7. The van der Waals surface area contributed by atoms with Gasteiger partial charge in [-0.2, -0.15) is 0 Å². The molecule has 1 unspecified atom stereocenters. The predicted molar refractivity (Wildman–Crippen MR) is 72.1 cm³/mol. The average molecular weight is 297 g/mol. The number of nitrogens with zero attached hydrogens (tertiary/aromatic N) is 1. The summed E-state index contributed by atoms with van der Waals surface area (Å²) in [5, 5.41) is 0.795. The van der Waals surface area contributed by atoms with Crippen molar-refractivity contribution in [3.63, 3.8) is 0 Å². The fourth-order valence-electron chi connectivity index (χ4n) is 1.34. The fraction of sp³-hybridized carbons (Fsp3) is 0.700. The maximum Gasteiger partial charge on any atom is 0.212 e. The molecule has 0 amide bonds. The van der Waals surface area contributed by atoms with Gasteiger partial charge in [0.25, 0.3) is 0 Å². The lowest BCUT2D eigenvalue weighted by molar-refractivity contribution is 0.563. The molecular weight excluding hydrogens is 280 g/mol. The molecule has 0 saturated heterocycles. The minimum absolute atomic E-state index is 0.119. The highest BCUT2D eigenvalue weighted by atomic mass is 35.5. The lowest BCUT2D eigenvalue weighted by Gasteiger charge is -2.11. The predicted octanol–water partition coefficient (Wildman–Crippen LogP) is 2.45. The molecule has 0 saturated carbocycles. The van der Waals surface area contributed by atoms with Gasteiger partial charge in [0.05, 0.1) is 11.8 Å². The molecule has 1 heterocycles. The highest BCUT2D eigenvalue weighted by Gasteiger charge is 2.17. The van der Waals surface area contributed by atoms with Gasteiger partial charge in [0.15, 0.2) is 0 Å². The van der Waals surface area contributed by atoms with E-state index in [0.29, 0.717) is 18.7 Å². The quantitative estimate of drug-likeness (QED) is 0.621. The summed E-state index contributed by atoms with van der Waals surface area (Å²) in [5.41, 5.74) is 0. The molecule has 0 fully saturated rings. The van der Waals surface area contributed by atoms with Crippen molar-refractivity contribution in [3.05, 3.63) is 16.1 Å². The monoisotopic (exact) mass is 296 g/mol. The third-order valence-electron chi connectivity index (χ3n) is 2.16. The third-order valence-corrected chi connectivity index (χ3v) is 5.06. The van der Waals surface area contributed by atoms with Crippen LogP contribution in [0.15, 0.2) is 6.20 Å². The first kappa shape index (κ1) is 14.9. The molecule has 1 aromatic heterocycles. The second-order valence-corrected chi connectivity index (χ2v) is 7.38. The van der Waals surface area contributed by atoms with Crippen LogP contribution in [-0.2, 0) is 10.0 Å². The number of unbranched alkanes of at least 4 members (excludes halogenated alkanes) is 1. The number of halogens is 1. The molecule has 0 aromatic carbocycles. The molecule has 0 aliphatic heterocycles. The number of nitrogens with one attached hydrogen (secondary N) is 1. The average Bonchev–Trinajstić information content (AvgIpc) is 2.64. The zero-order valence-corrected chi connectivity index (χ0v) is 12.3. The molecule has 1 atom stereocenters. The Morgan fingerprint density at radius 1 is 1.53 bits per heavy atom. The van der Waals surface area contributed by atoms with Crippen molar-refractivity contribution >= 4 is 33.0 Å². The standard InChI is InChI=1S/C10H17ClN2O2S2/c1-8-7-12-10(16-8)9(2)13-17(14,15)6-4-3-5-11/h7,9,13H,3-6H2,1-2H3. The van der Waals surface area contributed by atoms with Crippen LogP contribution in [0.2, 0.25) is 0 Å². The number of sulfonamides is 1. The molecule has 98 valence electrons. The number of rotatable bonds is 7. The van der Waals surface area contributed by atoms with Gasteiger partial charge in [-0.15, -0.1) is 22.9 Å². The van der Waals surface area contributed by atoms with Gasteiger partial charge in [0.1, 0.15) is 5.01 Å². The number of hydrogen-bond donors (Lipinski definition) is 1. The molecular formula is C10H17ClN2O2S2. The van der Waals surface area contributed by atoms with E-state index in [0.717, 1.165) is 9.88 Å². The summed E-state index contributed by atoms with van der Waals surface area (Å²) >= 11 is 7.02. The minimum atomic E-state index is -3.23. The van der Waals surface area contributed by atoms with Crippen LogP contribution < -0.4 is 4.72 Å². The highest BCUT2D eigenvalue weighted by molar-refractivity contribution is 7.89. The van der Waals surface area contributed by atoms with Gasteiger partial charge >= 0.3 is 0 Å². The SMILES string of the molecule is Cc1cnc(C(C)NS(=O)(=O)CCCCCl)s1. The molecule has 4 nitrogen and oxygen atoms in total. The van der Waals surface area contributed by atoms with Crippen LogP contribution in [0.25, 0.3) is 0 Å². The van der Waals surface area contributed by atoms with E-state index in [1.165, 1.54) is 11.3 Å². The lowest BCUT2D eigenvalue weighted by Crippen LogP contribution is -2.29. The third kappa shape index (κ3) is 5.33. The maximum atomic E-state index is 11.7. The van der Waals surface area contributed by atoms with Gasteiger partial charge in [-0.05, 0) is 26.7 Å². The van der Waals surface area contributed by atoms with Gasteiger partial charge in [0, 0.05) is 17.0 Å². The van der Waals surface area contributed by atoms with Crippen molar-refractivity contribution in [2.45, 2.75) is 32.7 Å². The molecule has 0 bridgehead atoms.